The predicted molar refractivity (Wildman–Crippen MR) is 70.1 cm³/mol. The molecule has 18 heavy (non-hydrogen) atoms. The van der Waals surface area contributed by atoms with E-state index in [-0.39, 0.29) is 5.91 Å². The first-order valence-corrected chi connectivity index (χ1v) is 6.18. The fraction of sp³-hybridized carbons (Fsp3) is 0.538. The normalized spacial score (nSPS) is 10.3. The molecule has 0 bridgehead atoms. The standard InChI is InChI=1S/C13H21N3O2/c1-18-9-5-13(17)16-8-3-7-15-11-12-4-2-6-14-10-12/h2,4,6,10,15H,3,5,7-9,11H2,1H3,(H,16,17). The molecule has 1 heterocycles. The van der Waals surface area contributed by atoms with Crippen LogP contribution in [0, 0.1) is 0 Å². The van der Waals surface area contributed by atoms with Gasteiger partial charge >= 0.3 is 0 Å². The third-order valence-electron chi connectivity index (χ3n) is 2.44. The van der Waals surface area contributed by atoms with Crippen molar-refractivity contribution in [2.75, 3.05) is 26.8 Å². The Morgan fingerprint density at radius 3 is 3.06 bits per heavy atom. The Bertz CT molecular complexity index is 330. The molecular weight excluding hydrogens is 230 g/mol. The highest BCUT2D eigenvalue weighted by molar-refractivity contribution is 5.75. The molecule has 0 spiro atoms. The first kappa shape index (κ1) is 14.6. The van der Waals surface area contributed by atoms with Gasteiger partial charge in [0.25, 0.3) is 0 Å². The number of ether oxygens (including phenoxy) is 1. The number of carbonyl (C=O) groups is 1. The van der Waals surface area contributed by atoms with Crippen LogP contribution in [-0.4, -0.2) is 37.7 Å². The molecule has 1 aromatic heterocycles. The van der Waals surface area contributed by atoms with Gasteiger partial charge < -0.3 is 15.4 Å². The topological polar surface area (TPSA) is 63.2 Å². The van der Waals surface area contributed by atoms with E-state index in [0.29, 0.717) is 19.6 Å². The van der Waals surface area contributed by atoms with E-state index < -0.39 is 0 Å². The van der Waals surface area contributed by atoms with Crippen molar-refractivity contribution < 1.29 is 9.53 Å². The van der Waals surface area contributed by atoms with Crippen molar-refractivity contribution >= 4 is 5.91 Å². The third-order valence-corrected chi connectivity index (χ3v) is 2.44. The summed E-state index contributed by atoms with van der Waals surface area (Å²) in [5.41, 5.74) is 1.17. The summed E-state index contributed by atoms with van der Waals surface area (Å²) in [4.78, 5) is 15.3. The van der Waals surface area contributed by atoms with Crippen LogP contribution in [0.3, 0.4) is 0 Å². The van der Waals surface area contributed by atoms with Crippen LogP contribution in [0.15, 0.2) is 24.5 Å². The summed E-state index contributed by atoms with van der Waals surface area (Å²) >= 11 is 0. The number of nitrogens with zero attached hydrogens (tertiary/aromatic N) is 1. The van der Waals surface area contributed by atoms with E-state index in [4.69, 9.17) is 4.74 Å². The smallest absolute Gasteiger partial charge is 0.222 e. The van der Waals surface area contributed by atoms with Crippen LogP contribution in [0.2, 0.25) is 0 Å². The second-order valence-corrected chi connectivity index (χ2v) is 3.98. The number of hydrogen-bond donors (Lipinski definition) is 2. The summed E-state index contributed by atoms with van der Waals surface area (Å²) < 4.78 is 4.83. The number of aromatic nitrogens is 1. The predicted octanol–water partition coefficient (Wildman–Crippen LogP) is 0.714. The Morgan fingerprint density at radius 2 is 2.33 bits per heavy atom. The molecule has 0 fully saturated rings. The molecule has 5 nitrogen and oxygen atoms in total. The van der Waals surface area contributed by atoms with Crippen molar-refractivity contribution in [3.63, 3.8) is 0 Å². The minimum Gasteiger partial charge on any atom is -0.384 e. The largest absolute Gasteiger partial charge is 0.384 e. The maximum absolute atomic E-state index is 11.2. The lowest BCUT2D eigenvalue weighted by Gasteiger charge is -2.06. The number of rotatable bonds is 9. The summed E-state index contributed by atoms with van der Waals surface area (Å²) in [6, 6.07) is 3.96. The van der Waals surface area contributed by atoms with Crippen LogP contribution in [0.25, 0.3) is 0 Å². The highest BCUT2D eigenvalue weighted by Crippen LogP contribution is 1.93. The molecule has 0 atom stereocenters. The molecule has 0 aromatic carbocycles. The van der Waals surface area contributed by atoms with Gasteiger partial charge in [0.2, 0.25) is 5.91 Å². The highest BCUT2D eigenvalue weighted by Gasteiger charge is 1.98. The molecule has 0 aliphatic heterocycles. The van der Waals surface area contributed by atoms with E-state index in [1.807, 2.05) is 18.3 Å². The zero-order chi connectivity index (χ0) is 13.1. The second kappa shape index (κ2) is 9.56. The first-order valence-electron chi connectivity index (χ1n) is 6.18. The van der Waals surface area contributed by atoms with Gasteiger partial charge in [-0.05, 0) is 24.6 Å². The molecule has 0 saturated heterocycles. The molecule has 1 rings (SSSR count). The quantitative estimate of drug-likeness (QED) is 0.635. The number of amides is 1. The molecule has 1 amide bonds. The van der Waals surface area contributed by atoms with E-state index in [1.54, 1.807) is 13.3 Å². The summed E-state index contributed by atoms with van der Waals surface area (Å²) in [6.45, 7) is 2.86. The average Bonchev–Trinajstić information content (AvgIpc) is 2.41. The van der Waals surface area contributed by atoms with Crippen LogP contribution in [0.5, 0.6) is 0 Å². The van der Waals surface area contributed by atoms with Gasteiger partial charge in [0.15, 0.2) is 0 Å². The molecular formula is C13H21N3O2. The third kappa shape index (κ3) is 6.98. The summed E-state index contributed by atoms with van der Waals surface area (Å²) in [5.74, 6) is 0.0455. The molecule has 0 radical (unpaired) electrons. The van der Waals surface area contributed by atoms with Crippen molar-refractivity contribution in [2.24, 2.45) is 0 Å². The zero-order valence-electron chi connectivity index (χ0n) is 10.8. The lowest BCUT2D eigenvalue weighted by atomic mass is 10.3. The maximum atomic E-state index is 11.2. The van der Waals surface area contributed by atoms with Crippen LogP contribution in [0.4, 0.5) is 0 Å². The van der Waals surface area contributed by atoms with Crippen LogP contribution >= 0.6 is 0 Å². The van der Waals surface area contributed by atoms with E-state index >= 15 is 0 Å². The van der Waals surface area contributed by atoms with Gasteiger partial charge in [0.05, 0.1) is 6.61 Å². The van der Waals surface area contributed by atoms with Crippen molar-refractivity contribution in [1.29, 1.82) is 0 Å². The highest BCUT2D eigenvalue weighted by atomic mass is 16.5. The Hall–Kier alpha value is -1.46. The van der Waals surface area contributed by atoms with Crippen LogP contribution in [0.1, 0.15) is 18.4 Å². The van der Waals surface area contributed by atoms with Gasteiger partial charge in [0.1, 0.15) is 0 Å². The number of hydrogen-bond acceptors (Lipinski definition) is 4. The van der Waals surface area contributed by atoms with Gasteiger partial charge in [-0.25, -0.2) is 0 Å². The number of nitrogens with one attached hydrogen (secondary N) is 2. The fourth-order valence-electron chi connectivity index (χ4n) is 1.46. The van der Waals surface area contributed by atoms with Crippen molar-refractivity contribution in [2.45, 2.75) is 19.4 Å². The number of pyridine rings is 1. The van der Waals surface area contributed by atoms with Crippen molar-refractivity contribution in [1.82, 2.24) is 15.6 Å². The van der Waals surface area contributed by atoms with E-state index in [1.165, 1.54) is 5.56 Å². The summed E-state index contributed by atoms with van der Waals surface area (Å²) in [5, 5.41) is 6.15. The SMILES string of the molecule is COCCC(=O)NCCCNCc1cccnc1. The van der Waals surface area contributed by atoms with E-state index in [2.05, 4.69) is 15.6 Å². The van der Waals surface area contributed by atoms with Gasteiger partial charge in [-0.15, -0.1) is 0 Å². The lowest BCUT2D eigenvalue weighted by Crippen LogP contribution is -2.27. The molecule has 100 valence electrons. The van der Waals surface area contributed by atoms with E-state index in [9.17, 15) is 4.79 Å². The first-order chi connectivity index (χ1) is 8.83. The van der Waals surface area contributed by atoms with Crippen LogP contribution in [-0.2, 0) is 16.1 Å². The van der Waals surface area contributed by atoms with Crippen molar-refractivity contribution in [3.05, 3.63) is 30.1 Å². The molecule has 1 aromatic rings. The summed E-state index contributed by atoms with van der Waals surface area (Å²) in [7, 11) is 1.59. The number of carbonyl (C=O) groups excluding carboxylic acids is 1. The second-order valence-electron chi connectivity index (χ2n) is 3.98. The molecule has 5 heteroatoms. The monoisotopic (exact) mass is 251 g/mol. The minimum absolute atomic E-state index is 0.0455. The Kier molecular flexibility index (Phi) is 7.75. The molecule has 0 aliphatic carbocycles. The lowest BCUT2D eigenvalue weighted by molar-refractivity contribution is -0.121. The van der Waals surface area contributed by atoms with Gasteiger partial charge in [0, 0.05) is 39.0 Å². The number of methoxy groups -OCH3 is 1. The Balaban J connectivity index is 1.94. The van der Waals surface area contributed by atoms with E-state index in [0.717, 1.165) is 19.5 Å². The average molecular weight is 251 g/mol. The van der Waals surface area contributed by atoms with Crippen LogP contribution < -0.4 is 10.6 Å². The van der Waals surface area contributed by atoms with Gasteiger partial charge in [-0.3, -0.25) is 9.78 Å². The maximum Gasteiger partial charge on any atom is 0.222 e. The molecule has 0 aliphatic rings. The Morgan fingerprint density at radius 1 is 1.44 bits per heavy atom. The zero-order valence-corrected chi connectivity index (χ0v) is 10.8. The molecule has 0 unspecified atom stereocenters. The van der Waals surface area contributed by atoms with Crippen molar-refractivity contribution in [3.8, 4) is 0 Å². The van der Waals surface area contributed by atoms with Gasteiger partial charge in [-0.2, -0.15) is 0 Å². The minimum atomic E-state index is 0.0455. The molecule has 2 N–H and O–H groups in total. The summed E-state index contributed by atoms with van der Waals surface area (Å²) in [6.07, 6.45) is 4.96. The molecule has 0 saturated carbocycles. The Labute approximate surface area is 108 Å². The fourth-order valence-corrected chi connectivity index (χ4v) is 1.46. The van der Waals surface area contributed by atoms with Gasteiger partial charge in [-0.1, -0.05) is 6.07 Å².